The molecule has 0 saturated heterocycles. The molecule has 0 aliphatic rings. The average molecular weight is 315 g/mol. The van der Waals surface area contributed by atoms with Gasteiger partial charge >= 0.3 is 5.97 Å². The zero-order valence-electron chi connectivity index (χ0n) is 14.3. The molecule has 0 heterocycles. The normalized spacial score (nSPS) is 13.7. The molecular weight excluding hydrogens is 280 g/mol. The molecule has 1 atom stereocenters. The summed E-state index contributed by atoms with van der Waals surface area (Å²) in [6.45, 7) is 11.3. The van der Waals surface area contributed by atoms with Gasteiger partial charge in [0, 0.05) is 12.7 Å². The number of carbonyl (C=O) groups is 1. The minimum Gasteiger partial charge on any atom is -0.463 e. The molecule has 0 amide bonds. The second-order valence-corrected chi connectivity index (χ2v) is 10.1. The van der Waals surface area contributed by atoms with Crippen molar-refractivity contribution in [3.63, 3.8) is 0 Å². The molecule has 0 saturated carbocycles. The molecular formula is C17H34O3Si. The van der Waals surface area contributed by atoms with Crippen LogP contribution in [0.3, 0.4) is 0 Å². The molecule has 4 heteroatoms. The largest absolute Gasteiger partial charge is 0.463 e. The number of rotatable bonds is 14. The van der Waals surface area contributed by atoms with Gasteiger partial charge in [0.05, 0.1) is 6.61 Å². The zero-order valence-corrected chi connectivity index (χ0v) is 15.3. The molecule has 0 fully saturated rings. The molecule has 0 aromatic rings. The van der Waals surface area contributed by atoms with Crippen molar-refractivity contribution in [1.82, 2.24) is 0 Å². The maximum atomic E-state index is 11.0. The Morgan fingerprint density at radius 2 is 1.67 bits per heavy atom. The van der Waals surface area contributed by atoms with Crippen LogP contribution in [0.2, 0.25) is 18.6 Å². The van der Waals surface area contributed by atoms with Gasteiger partial charge in [0.1, 0.15) is 0 Å². The van der Waals surface area contributed by atoms with Crippen LogP contribution in [0.1, 0.15) is 58.8 Å². The van der Waals surface area contributed by atoms with Crippen LogP contribution >= 0.6 is 0 Å². The van der Waals surface area contributed by atoms with Gasteiger partial charge in [0.15, 0.2) is 8.32 Å². The first-order chi connectivity index (χ1) is 10.1. The summed E-state index contributed by atoms with van der Waals surface area (Å²) in [4.78, 5) is 11.0. The first-order valence-corrected chi connectivity index (χ1v) is 11.3. The lowest BCUT2D eigenvalue weighted by molar-refractivity contribution is -0.137. The van der Waals surface area contributed by atoms with E-state index in [1.807, 2.05) is 0 Å². The van der Waals surface area contributed by atoms with Crippen LogP contribution in [0.25, 0.3) is 0 Å². The van der Waals surface area contributed by atoms with E-state index in [2.05, 4.69) is 27.0 Å². The minimum absolute atomic E-state index is 0.328. The van der Waals surface area contributed by atoms with Crippen LogP contribution in [0.4, 0.5) is 0 Å². The summed E-state index contributed by atoms with van der Waals surface area (Å²) in [5.74, 6) is -0.328. The Bertz CT molecular complexity index is 281. The van der Waals surface area contributed by atoms with E-state index in [1.54, 1.807) is 0 Å². The summed E-state index contributed by atoms with van der Waals surface area (Å²) in [5.41, 5.74) is 0. The van der Waals surface area contributed by atoms with Crippen molar-refractivity contribution >= 4 is 14.3 Å². The standard InChI is InChI=1S/C17H34O3Si/c1-5-8-9-10-11-12-15-21(4,20-7-3)16-13-14-19-17(18)6-2/h6H,2,5,7-16H2,1,3-4H3. The molecule has 0 N–H and O–H groups in total. The molecule has 124 valence electrons. The number of carbonyl (C=O) groups excluding carboxylic acids is 1. The number of unbranched alkanes of at least 4 members (excludes halogenated alkanes) is 5. The van der Waals surface area contributed by atoms with Gasteiger partial charge < -0.3 is 9.16 Å². The Labute approximate surface area is 132 Å². The Morgan fingerprint density at radius 3 is 2.29 bits per heavy atom. The summed E-state index contributed by atoms with van der Waals surface area (Å²) in [6.07, 6.45) is 10.1. The van der Waals surface area contributed by atoms with Crippen LogP contribution in [0.5, 0.6) is 0 Å². The summed E-state index contributed by atoms with van der Waals surface area (Å²) in [5, 5.41) is 0. The lowest BCUT2D eigenvalue weighted by atomic mass is 10.1. The van der Waals surface area contributed by atoms with Crippen LogP contribution in [0.15, 0.2) is 12.7 Å². The molecule has 0 aliphatic heterocycles. The summed E-state index contributed by atoms with van der Waals surface area (Å²) in [7, 11) is -1.62. The number of hydrogen-bond donors (Lipinski definition) is 0. The lowest BCUT2D eigenvalue weighted by Crippen LogP contribution is -2.34. The second-order valence-electron chi connectivity index (χ2n) is 5.88. The van der Waals surface area contributed by atoms with Gasteiger partial charge in [-0.1, -0.05) is 52.0 Å². The lowest BCUT2D eigenvalue weighted by Gasteiger charge is -2.27. The summed E-state index contributed by atoms with van der Waals surface area (Å²) in [6, 6.07) is 2.29. The highest BCUT2D eigenvalue weighted by Crippen LogP contribution is 2.23. The van der Waals surface area contributed by atoms with Crippen molar-refractivity contribution < 1.29 is 14.0 Å². The van der Waals surface area contributed by atoms with Crippen LogP contribution < -0.4 is 0 Å². The van der Waals surface area contributed by atoms with Crippen molar-refractivity contribution in [3.8, 4) is 0 Å². The molecule has 21 heavy (non-hydrogen) atoms. The van der Waals surface area contributed by atoms with Crippen LogP contribution in [0, 0.1) is 0 Å². The second kappa shape index (κ2) is 13.1. The monoisotopic (exact) mass is 314 g/mol. The topological polar surface area (TPSA) is 35.5 Å². The maximum absolute atomic E-state index is 11.0. The van der Waals surface area contributed by atoms with Gasteiger partial charge in [-0.05, 0) is 32.0 Å². The van der Waals surface area contributed by atoms with Gasteiger partial charge in [-0.25, -0.2) is 4.79 Å². The van der Waals surface area contributed by atoms with E-state index in [0.29, 0.717) is 6.61 Å². The molecule has 0 bridgehead atoms. The Balaban J connectivity index is 3.88. The van der Waals surface area contributed by atoms with Crippen molar-refractivity contribution in [2.75, 3.05) is 13.2 Å². The fourth-order valence-electron chi connectivity index (χ4n) is 2.57. The third-order valence-electron chi connectivity index (χ3n) is 3.81. The smallest absolute Gasteiger partial charge is 0.330 e. The van der Waals surface area contributed by atoms with Crippen molar-refractivity contribution in [1.29, 1.82) is 0 Å². The predicted molar refractivity (Wildman–Crippen MR) is 92.0 cm³/mol. The van der Waals surface area contributed by atoms with Crippen molar-refractivity contribution in [3.05, 3.63) is 12.7 Å². The van der Waals surface area contributed by atoms with E-state index < -0.39 is 8.32 Å². The van der Waals surface area contributed by atoms with Gasteiger partial charge in [-0.3, -0.25) is 0 Å². The number of esters is 1. The Kier molecular flexibility index (Phi) is 12.7. The first kappa shape index (κ1) is 20.4. The van der Waals surface area contributed by atoms with Gasteiger partial charge in [0.2, 0.25) is 0 Å². The number of hydrogen-bond acceptors (Lipinski definition) is 3. The fraction of sp³-hybridized carbons (Fsp3) is 0.824. The predicted octanol–water partition coefficient (Wildman–Crippen LogP) is 5.08. The molecule has 0 aromatic heterocycles. The third kappa shape index (κ3) is 11.7. The van der Waals surface area contributed by atoms with Gasteiger partial charge in [0.25, 0.3) is 0 Å². The van der Waals surface area contributed by atoms with E-state index in [4.69, 9.17) is 9.16 Å². The van der Waals surface area contributed by atoms with Crippen LogP contribution in [-0.4, -0.2) is 27.5 Å². The maximum Gasteiger partial charge on any atom is 0.330 e. The Morgan fingerprint density at radius 1 is 1.05 bits per heavy atom. The highest BCUT2D eigenvalue weighted by Gasteiger charge is 2.27. The van der Waals surface area contributed by atoms with E-state index in [9.17, 15) is 4.79 Å². The first-order valence-electron chi connectivity index (χ1n) is 8.51. The SMILES string of the molecule is C=CC(=O)OCCC[Si](C)(CCCCCCCC)OCC. The summed E-state index contributed by atoms with van der Waals surface area (Å²) >= 11 is 0. The molecule has 0 radical (unpaired) electrons. The average Bonchev–Trinajstić information content (AvgIpc) is 2.47. The third-order valence-corrected chi connectivity index (χ3v) is 7.62. The minimum atomic E-state index is -1.62. The fourth-order valence-corrected chi connectivity index (χ4v) is 5.70. The van der Waals surface area contributed by atoms with E-state index in [0.717, 1.165) is 19.1 Å². The van der Waals surface area contributed by atoms with Gasteiger partial charge in [-0.15, -0.1) is 0 Å². The summed E-state index contributed by atoms with van der Waals surface area (Å²) < 4.78 is 11.1. The van der Waals surface area contributed by atoms with E-state index >= 15 is 0 Å². The molecule has 1 unspecified atom stereocenters. The van der Waals surface area contributed by atoms with E-state index in [-0.39, 0.29) is 5.97 Å². The van der Waals surface area contributed by atoms with Crippen LogP contribution in [-0.2, 0) is 14.0 Å². The van der Waals surface area contributed by atoms with Crippen molar-refractivity contribution in [2.45, 2.75) is 77.4 Å². The number of ether oxygens (including phenoxy) is 1. The molecule has 0 spiro atoms. The highest BCUT2D eigenvalue weighted by molar-refractivity contribution is 6.72. The molecule has 0 aliphatic carbocycles. The molecule has 3 nitrogen and oxygen atoms in total. The Hall–Kier alpha value is -0.613. The quantitative estimate of drug-likeness (QED) is 0.194. The van der Waals surface area contributed by atoms with Crippen molar-refractivity contribution in [2.24, 2.45) is 0 Å². The highest BCUT2D eigenvalue weighted by atomic mass is 28.4. The molecule has 0 aromatic carbocycles. The zero-order chi connectivity index (χ0) is 16.0. The molecule has 0 rings (SSSR count). The van der Waals surface area contributed by atoms with Gasteiger partial charge in [-0.2, -0.15) is 0 Å². The van der Waals surface area contributed by atoms with E-state index in [1.165, 1.54) is 50.6 Å².